The van der Waals surface area contributed by atoms with Gasteiger partial charge in [0.15, 0.2) is 5.78 Å². The average Bonchev–Trinajstić information content (AvgIpc) is 2.89. The van der Waals surface area contributed by atoms with Crippen molar-refractivity contribution in [3.8, 4) is 0 Å². The summed E-state index contributed by atoms with van der Waals surface area (Å²) in [6.45, 7) is 2.02. The number of fused-ring (bicyclic) bond motifs is 1. The van der Waals surface area contributed by atoms with Gasteiger partial charge in [-0.05, 0) is 24.6 Å². The molecular formula is C16H12ClIN2O. The molecule has 0 bridgehead atoms. The number of rotatable bonds is 3. The van der Waals surface area contributed by atoms with Crippen LogP contribution in [0.2, 0.25) is 5.02 Å². The van der Waals surface area contributed by atoms with E-state index in [1.165, 1.54) is 0 Å². The normalized spacial score (nSPS) is 11.0. The lowest BCUT2D eigenvalue weighted by Crippen LogP contribution is -2.04. The predicted molar refractivity (Wildman–Crippen MR) is 95.6 cm³/mol. The number of aromatic nitrogens is 2. The van der Waals surface area contributed by atoms with Crippen LogP contribution in [0.4, 0.5) is 0 Å². The maximum Gasteiger partial charge on any atom is 0.196 e. The molecule has 0 atom stereocenters. The summed E-state index contributed by atoms with van der Waals surface area (Å²) in [5.74, 6) is -0.00707. The molecule has 0 radical (unpaired) electrons. The third-order valence-corrected chi connectivity index (χ3v) is 5.71. The van der Waals surface area contributed by atoms with Gasteiger partial charge < -0.3 is 4.98 Å². The lowest BCUT2D eigenvalue weighted by Gasteiger charge is -2.07. The molecule has 3 nitrogen and oxygen atoms in total. The van der Waals surface area contributed by atoms with Crippen LogP contribution >= 0.6 is 32.3 Å². The number of H-pyrrole nitrogens is 1. The number of hydrogen-bond donors (Lipinski definition) is 1. The van der Waals surface area contributed by atoms with Crippen molar-refractivity contribution in [2.75, 3.05) is 0 Å². The first-order valence-electron chi connectivity index (χ1n) is 6.27. The zero-order valence-electron chi connectivity index (χ0n) is 11.3. The number of carbonyl (C=O) groups is 1. The van der Waals surface area contributed by atoms with Crippen LogP contribution in [0, 0.1) is 10.5 Å². The first-order valence-corrected chi connectivity index (χ1v) is 9.25. The Morgan fingerprint density at radius 3 is 2.95 bits per heavy atom. The highest BCUT2D eigenvalue weighted by atomic mass is 127. The Balaban J connectivity index is 2.20. The summed E-state index contributed by atoms with van der Waals surface area (Å²) in [6, 6.07) is 7.56. The maximum absolute atomic E-state index is 12.9. The van der Waals surface area contributed by atoms with E-state index in [-0.39, 0.29) is 5.78 Å². The van der Waals surface area contributed by atoms with E-state index in [1.54, 1.807) is 18.5 Å². The molecule has 0 fully saturated rings. The van der Waals surface area contributed by atoms with Crippen molar-refractivity contribution < 1.29 is 4.79 Å². The minimum absolute atomic E-state index is 0.00707. The van der Waals surface area contributed by atoms with Crippen molar-refractivity contribution in [1.29, 1.82) is 0 Å². The van der Waals surface area contributed by atoms with Gasteiger partial charge in [-0.2, -0.15) is 0 Å². The van der Waals surface area contributed by atoms with Gasteiger partial charge in [-0.25, -0.2) is 4.98 Å². The summed E-state index contributed by atoms with van der Waals surface area (Å²) >= 11 is 5.57. The molecule has 1 aromatic carbocycles. The SMILES string of the molecule is C=Ic1c(C)cccc1C(=O)c1c[nH]c2ncc(Cl)cc12. The van der Waals surface area contributed by atoms with Gasteiger partial charge in [-0.15, -0.1) is 0 Å². The zero-order chi connectivity index (χ0) is 15.0. The van der Waals surface area contributed by atoms with Gasteiger partial charge >= 0.3 is 0 Å². The molecule has 0 saturated carbocycles. The number of aromatic amines is 1. The van der Waals surface area contributed by atoms with Crippen molar-refractivity contribution in [1.82, 2.24) is 9.97 Å². The molecule has 21 heavy (non-hydrogen) atoms. The van der Waals surface area contributed by atoms with E-state index in [0.717, 1.165) is 20.1 Å². The topological polar surface area (TPSA) is 45.8 Å². The van der Waals surface area contributed by atoms with Gasteiger partial charge in [0.05, 0.1) is 5.02 Å². The lowest BCUT2D eigenvalue weighted by atomic mass is 10.0. The zero-order valence-corrected chi connectivity index (χ0v) is 14.2. The molecule has 0 spiro atoms. The van der Waals surface area contributed by atoms with Crippen LogP contribution in [0.3, 0.4) is 0 Å². The van der Waals surface area contributed by atoms with Gasteiger partial charge in [0.1, 0.15) is 5.65 Å². The number of ketones is 1. The van der Waals surface area contributed by atoms with Gasteiger partial charge in [0.25, 0.3) is 0 Å². The van der Waals surface area contributed by atoms with Crippen LogP contribution in [0.25, 0.3) is 11.0 Å². The molecule has 1 N–H and O–H groups in total. The Kier molecular flexibility index (Phi) is 3.91. The second-order valence-corrected chi connectivity index (χ2v) is 6.93. The number of hydrogen-bond acceptors (Lipinski definition) is 2. The third kappa shape index (κ3) is 2.53. The third-order valence-electron chi connectivity index (χ3n) is 3.31. The average molecular weight is 411 g/mol. The highest BCUT2D eigenvalue weighted by Gasteiger charge is 2.18. The molecule has 5 heteroatoms. The van der Waals surface area contributed by atoms with E-state index in [9.17, 15) is 4.79 Å². The van der Waals surface area contributed by atoms with Gasteiger partial charge in [0.2, 0.25) is 0 Å². The highest BCUT2D eigenvalue weighted by molar-refractivity contribution is 14.2. The monoisotopic (exact) mass is 410 g/mol. The van der Waals surface area contributed by atoms with Crippen molar-refractivity contribution in [3.63, 3.8) is 0 Å². The highest BCUT2D eigenvalue weighted by Crippen LogP contribution is 2.26. The minimum Gasteiger partial charge on any atom is -0.345 e. The molecule has 2 aromatic heterocycles. The summed E-state index contributed by atoms with van der Waals surface area (Å²) in [4.78, 5) is 20.1. The largest absolute Gasteiger partial charge is 0.345 e. The number of nitrogens with zero attached hydrogens (tertiary/aromatic N) is 1. The molecule has 3 aromatic rings. The van der Waals surface area contributed by atoms with Crippen LogP contribution in [0.5, 0.6) is 0 Å². The molecule has 0 aliphatic carbocycles. The fourth-order valence-electron chi connectivity index (χ4n) is 2.31. The number of carbonyl (C=O) groups excluding carboxylic acids is 1. The molecule has 3 rings (SSSR count). The smallest absolute Gasteiger partial charge is 0.196 e. The van der Waals surface area contributed by atoms with Gasteiger partial charge in [0, 0.05) is 32.5 Å². The number of aryl methyl sites for hydroxylation is 1. The quantitative estimate of drug-likeness (QED) is 0.516. The molecule has 106 valence electrons. The van der Waals surface area contributed by atoms with Crippen molar-refractivity contribution in [3.05, 3.63) is 61.9 Å². The Morgan fingerprint density at radius 2 is 2.19 bits per heavy atom. The molecule has 0 unspecified atom stereocenters. The summed E-state index contributed by atoms with van der Waals surface area (Å²) in [6.07, 6.45) is 3.26. The minimum atomic E-state index is -0.418. The Bertz CT molecular complexity index is 870. The Hall–Kier alpha value is -1.53. The summed E-state index contributed by atoms with van der Waals surface area (Å²) in [7, 11) is 0. The van der Waals surface area contributed by atoms with Crippen molar-refractivity contribution in [2.45, 2.75) is 6.92 Å². The van der Waals surface area contributed by atoms with Crippen LogP contribution in [0.15, 0.2) is 36.7 Å². The molecular weight excluding hydrogens is 399 g/mol. The van der Waals surface area contributed by atoms with Crippen LogP contribution in [0.1, 0.15) is 21.5 Å². The fraction of sp³-hybridized carbons (Fsp3) is 0.0625. The van der Waals surface area contributed by atoms with Gasteiger partial charge in [-0.3, -0.25) is 4.79 Å². The van der Waals surface area contributed by atoms with Crippen LogP contribution in [-0.2, 0) is 0 Å². The van der Waals surface area contributed by atoms with Crippen molar-refractivity contribution in [2.24, 2.45) is 0 Å². The number of benzene rings is 1. The standard InChI is InChI=1S/C16H12ClIN2O/c1-9-4-3-5-11(14(9)18-2)15(21)13-8-20-16-12(13)6-10(17)7-19-16/h3-8H,2H2,1H3,(H,19,20). The molecule has 2 heterocycles. The van der Waals surface area contributed by atoms with Crippen LogP contribution < -0.4 is 0 Å². The second-order valence-electron chi connectivity index (χ2n) is 4.65. The lowest BCUT2D eigenvalue weighted by molar-refractivity contribution is 0.103. The Morgan fingerprint density at radius 1 is 1.38 bits per heavy atom. The summed E-state index contributed by atoms with van der Waals surface area (Å²) < 4.78 is 5.12. The number of pyridine rings is 1. The molecule has 0 saturated heterocycles. The predicted octanol–water partition coefficient (Wildman–Crippen LogP) is 4.33. The maximum atomic E-state index is 12.9. The molecule has 0 amide bonds. The Labute approximate surface area is 137 Å². The van der Waals surface area contributed by atoms with Crippen molar-refractivity contribution >= 4 is 53.7 Å². The summed E-state index contributed by atoms with van der Waals surface area (Å²) in [5, 5.41) is 1.27. The number of halogens is 2. The second kappa shape index (κ2) is 5.69. The van der Waals surface area contributed by atoms with Crippen LogP contribution in [-0.4, -0.2) is 20.3 Å². The van der Waals surface area contributed by atoms with E-state index in [0.29, 0.717) is 16.2 Å². The fourth-order valence-corrected chi connectivity index (χ4v) is 4.09. The summed E-state index contributed by atoms with van der Waals surface area (Å²) in [5.41, 5.74) is 3.13. The van der Waals surface area contributed by atoms with E-state index < -0.39 is 20.7 Å². The first kappa shape index (κ1) is 14.4. The van der Waals surface area contributed by atoms with E-state index in [2.05, 4.69) is 14.5 Å². The van der Waals surface area contributed by atoms with Gasteiger partial charge in [-0.1, -0.05) is 49.0 Å². The molecule has 0 aliphatic rings. The molecule has 0 aliphatic heterocycles. The number of nitrogens with one attached hydrogen (secondary N) is 1. The van der Waals surface area contributed by atoms with E-state index in [1.807, 2.05) is 25.1 Å². The van der Waals surface area contributed by atoms with E-state index >= 15 is 0 Å². The van der Waals surface area contributed by atoms with E-state index in [4.69, 9.17) is 11.6 Å². The first-order chi connectivity index (χ1) is 10.1.